The Morgan fingerprint density at radius 1 is 1.10 bits per heavy atom. The van der Waals surface area contributed by atoms with Gasteiger partial charge in [-0.3, -0.25) is 4.79 Å². The van der Waals surface area contributed by atoms with Gasteiger partial charge < -0.3 is 9.73 Å². The summed E-state index contributed by atoms with van der Waals surface area (Å²) in [7, 11) is 0. The molecule has 0 unspecified atom stereocenters. The number of rotatable bonds is 7. The van der Waals surface area contributed by atoms with Crippen molar-refractivity contribution in [1.29, 1.82) is 0 Å². The van der Waals surface area contributed by atoms with Crippen LogP contribution < -0.4 is 10.7 Å². The monoisotopic (exact) mass is 471 g/mol. The molecule has 150 valence electrons. The zero-order chi connectivity index (χ0) is 20.8. The highest BCUT2D eigenvalue weighted by Gasteiger charge is 2.10. The van der Waals surface area contributed by atoms with Crippen LogP contribution in [-0.4, -0.2) is 18.7 Å². The highest BCUT2D eigenvalue weighted by molar-refractivity contribution is 9.10. The first-order valence-corrected chi connectivity index (χ1v) is 10.7. The summed E-state index contributed by atoms with van der Waals surface area (Å²) < 4.78 is 6.62. The van der Waals surface area contributed by atoms with Crippen LogP contribution in [0.1, 0.15) is 22.5 Å². The van der Waals surface area contributed by atoms with Gasteiger partial charge in [0.2, 0.25) is 0 Å². The molecule has 29 heavy (non-hydrogen) atoms. The molecule has 0 atom stereocenters. The lowest BCUT2D eigenvalue weighted by Crippen LogP contribution is -2.25. The zero-order valence-electron chi connectivity index (χ0n) is 16.5. The molecule has 0 saturated carbocycles. The molecular formula is C22H22BrN3O2S. The summed E-state index contributed by atoms with van der Waals surface area (Å²) in [6, 6.07) is 16.0. The van der Waals surface area contributed by atoms with Crippen LogP contribution in [0.3, 0.4) is 0 Å². The second-order valence-electron chi connectivity index (χ2n) is 6.65. The van der Waals surface area contributed by atoms with E-state index in [1.165, 1.54) is 34.7 Å². The minimum absolute atomic E-state index is 0.135. The summed E-state index contributed by atoms with van der Waals surface area (Å²) in [5.74, 6) is 0.313. The number of furan rings is 1. The van der Waals surface area contributed by atoms with E-state index in [0.29, 0.717) is 5.76 Å². The largest absolute Gasteiger partial charge is 0.447 e. The molecule has 1 aromatic heterocycles. The lowest BCUT2D eigenvalue weighted by molar-refractivity contribution is -0.119. The van der Waals surface area contributed by atoms with Gasteiger partial charge in [0.25, 0.3) is 5.91 Å². The number of carbonyl (C=O) groups is 1. The molecule has 1 amide bonds. The maximum atomic E-state index is 12.0. The number of hydrogen-bond donors (Lipinski definition) is 2. The van der Waals surface area contributed by atoms with Crippen LogP contribution in [0.4, 0.5) is 5.69 Å². The average molecular weight is 472 g/mol. The van der Waals surface area contributed by atoms with Crippen molar-refractivity contribution in [3.63, 3.8) is 0 Å². The van der Waals surface area contributed by atoms with Crippen molar-refractivity contribution < 1.29 is 9.21 Å². The van der Waals surface area contributed by atoms with Crippen molar-refractivity contribution >= 4 is 45.5 Å². The Morgan fingerprint density at radius 2 is 1.86 bits per heavy atom. The number of carbonyl (C=O) groups excluding carboxylic acids is 1. The number of anilines is 1. The summed E-state index contributed by atoms with van der Waals surface area (Å²) in [4.78, 5) is 13.1. The molecule has 7 heteroatoms. The van der Waals surface area contributed by atoms with Gasteiger partial charge in [0.15, 0.2) is 5.09 Å². The number of nitrogens with zero attached hydrogens (tertiary/aromatic N) is 1. The van der Waals surface area contributed by atoms with Crippen molar-refractivity contribution in [2.24, 2.45) is 5.10 Å². The van der Waals surface area contributed by atoms with Crippen LogP contribution in [0.25, 0.3) is 0 Å². The van der Waals surface area contributed by atoms with E-state index >= 15 is 0 Å². The quantitative estimate of drug-likeness (QED) is 0.343. The third-order valence-corrected chi connectivity index (χ3v) is 6.10. The van der Waals surface area contributed by atoms with Gasteiger partial charge in [-0.25, -0.2) is 5.43 Å². The van der Waals surface area contributed by atoms with Crippen LogP contribution in [0.15, 0.2) is 72.5 Å². The van der Waals surface area contributed by atoms with Crippen molar-refractivity contribution in [1.82, 2.24) is 5.43 Å². The Bertz CT molecular complexity index is 1030. The van der Waals surface area contributed by atoms with Crippen LogP contribution in [0.2, 0.25) is 0 Å². The van der Waals surface area contributed by atoms with Gasteiger partial charge in [0, 0.05) is 16.6 Å². The molecule has 0 radical (unpaired) electrons. The number of aryl methyl sites for hydroxylation is 3. The van der Waals surface area contributed by atoms with E-state index in [1.807, 2.05) is 43.3 Å². The van der Waals surface area contributed by atoms with Crippen molar-refractivity contribution in [3.05, 3.63) is 75.5 Å². The fraction of sp³-hybridized carbons (Fsp3) is 0.182. The Balaban J connectivity index is 1.51. The number of halogens is 1. The Hall–Kier alpha value is -2.51. The van der Waals surface area contributed by atoms with E-state index in [2.05, 4.69) is 57.8 Å². The van der Waals surface area contributed by atoms with E-state index in [9.17, 15) is 4.79 Å². The maximum absolute atomic E-state index is 12.0. The molecule has 2 N–H and O–H groups in total. The number of benzene rings is 2. The first-order chi connectivity index (χ1) is 13.9. The van der Waals surface area contributed by atoms with Gasteiger partial charge in [0.05, 0.1) is 17.2 Å². The fourth-order valence-electron chi connectivity index (χ4n) is 2.46. The highest BCUT2D eigenvalue weighted by Crippen LogP contribution is 2.35. The first kappa shape index (κ1) is 21.2. The van der Waals surface area contributed by atoms with Gasteiger partial charge in [0.1, 0.15) is 5.76 Å². The molecular weight excluding hydrogens is 450 g/mol. The van der Waals surface area contributed by atoms with Crippen molar-refractivity contribution in [2.45, 2.75) is 30.8 Å². The fourth-order valence-corrected chi connectivity index (χ4v) is 3.79. The average Bonchev–Trinajstić information content (AvgIpc) is 3.04. The molecule has 5 nitrogen and oxygen atoms in total. The molecule has 3 aromatic rings. The van der Waals surface area contributed by atoms with E-state index < -0.39 is 0 Å². The Morgan fingerprint density at radius 3 is 2.59 bits per heavy atom. The molecule has 3 rings (SSSR count). The molecule has 0 fully saturated rings. The van der Waals surface area contributed by atoms with Crippen LogP contribution >= 0.6 is 27.7 Å². The molecule has 2 aromatic carbocycles. The molecule has 0 aliphatic heterocycles. The van der Waals surface area contributed by atoms with E-state index in [0.717, 1.165) is 20.1 Å². The number of amides is 1. The SMILES string of the molecule is Cc1ccc(Sc2oc(/C=N\NC(=O)CNc3ccc(C)c(C)c3)cc2Br)cc1. The minimum Gasteiger partial charge on any atom is -0.447 e. The smallest absolute Gasteiger partial charge is 0.259 e. The number of nitrogens with one attached hydrogen (secondary N) is 2. The standard InChI is InChI=1S/C22H22BrN3O2S/c1-14-4-8-19(9-5-14)29-22-20(23)11-18(28-22)12-25-26-21(27)13-24-17-7-6-15(2)16(3)10-17/h4-12,24H,13H2,1-3H3,(H,26,27)/b25-12-. The van der Waals surface area contributed by atoms with Gasteiger partial charge in [-0.1, -0.05) is 35.5 Å². The highest BCUT2D eigenvalue weighted by atomic mass is 79.9. The van der Waals surface area contributed by atoms with Crippen LogP contribution in [-0.2, 0) is 4.79 Å². The predicted octanol–water partition coefficient (Wildman–Crippen LogP) is 5.68. The van der Waals surface area contributed by atoms with Crippen molar-refractivity contribution in [2.75, 3.05) is 11.9 Å². The summed E-state index contributed by atoms with van der Waals surface area (Å²) >= 11 is 5.02. The van der Waals surface area contributed by atoms with Gasteiger partial charge >= 0.3 is 0 Å². The number of hydrazone groups is 1. The van der Waals surface area contributed by atoms with Gasteiger partial charge in [-0.05, 0) is 72.1 Å². The van der Waals surface area contributed by atoms with E-state index in [-0.39, 0.29) is 12.5 Å². The normalized spacial score (nSPS) is 11.0. The predicted molar refractivity (Wildman–Crippen MR) is 122 cm³/mol. The molecule has 0 saturated heterocycles. The second-order valence-corrected chi connectivity index (χ2v) is 8.55. The summed E-state index contributed by atoms with van der Waals surface area (Å²) in [5.41, 5.74) is 7.01. The van der Waals surface area contributed by atoms with Gasteiger partial charge in [-0.15, -0.1) is 0 Å². The van der Waals surface area contributed by atoms with E-state index in [1.54, 1.807) is 0 Å². The molecule has 0 aliphatic rings. The minimum atomic E-state index is -0.237. The maximum Gasteiger partial charge on any atom is 0.259 e. The Kier molecular flexibility index (Phi) is 7.17. The van der Waals surface area contributed by atoms with Gasteiger partial charge in [-0.2, -0.15) is 5.10 Å². The third-order valence-electron chi connectivity index (χ3n) is 4.25. The molecule has 1 heterocycles. The molecule has 0 spiro atoms. The molecule has 0 bridgehead atoms. The van der Waals surface area contributed by atoms with Crippen LogP contribution in [0.5, 0.6) is 0 Å². The Labute approximate surface area is 183 Å². The summed E-state index contributed by atoms with van der Waals surface area (Å²) in [6.45, 7) is 6.28. The topological polar surface area (TPSA) is 66.6 Å². The zero-order valence-corrected chi connectivity index (χ0v) is 18.9. The lowest BCUT2D eigenvalue weighted by Gasteiger charge is -2.07. The molecule has 0 aliphatic carbocycles. The van der Waals surface area contributed by atoms with Crippen LogP contribution in [0, 0.1) is 20.8 Å². The second kappa shape index (κ2) is 9.80. The summed E-state index contributed by atoms with van der Waals surface area (Å²) in [5, 5.41) is 7.79. The number of hydrogen-bond acceptors (Lipinski definition) is 5. The van der Waals surface area contributed by atoms with E-state index in [4.69, 9.17) is 4.42 Å². The first-order valence-electron chi connectivity index (χ1n) is 9.07. The summed E-state index contributed by atoms with van der Waals surface area (Å²) in [6.07, 6.45) is 1.48. The lowest BCUT2D eigenvalue weighted by atomic mass is 10.1. The third kappa shape index (κ3) is 6.24. The van der Waals surface area contributed by atoms with Crippen molar-refractivity contribution in [3.8, 4) is 0 Å².